The number of carboxylic acid groups (broad SMARTS) is 1. The zero-order valence-electron chi connectivity index (χ0n) is 23.6. The Kier molecular flexibility index (Phi) is 13.4. The summed E-state index contributed by atoms with van der Waals surface area (Å²) in [5.74, 6) is -1.15. The van der Waals surface area contributed by atoms with Gasteiger partial charge in [0.15, 0.2) is 0 Å². The maximum absolute atomic E-state index is 12.7. The third-order valence-electron chi connectivity index (χ3n) is 6.22. The molecule has 0 amide bonds. The van der Waals surface area contributed by atoms with E-state index in [0.29, 0.717) is 6.42 Å². The van der Waals surface area contributed by atoms with E-state index in [4.69, 9.17) is 9.84 Å². The third-order valence-corrected chi connectivity index (χ3v) is 7.58. The number of aromatic nitrogens is 1. The number of rotatable bonds is 18. The number of ether oxygens (including phenoxy) is 1. The van der Waals surface area contributed by atoms with E-state index in [-0.39, 0.29) is 22.2 Å². The minimum atomic E-state index is -3.82. The summed E-state index contributed by atoms with van der Waals surface area (Å²) in [6, 6.07) is 9.54. The highest BCUT2D eigenvalue weighted by Crippen LogP contribution is 2.19. The number of sulfonamides is 1. The highest BCUT2D eigenvalue weighted by atomic mass is 32.2. The monoisotopic (exact) mass is 560 g/mol. The summed E-state index contributed by atoms with van der Waals surface area (Å²) in [5.41, 5.74) is 0.561. The molecule has 0 unspecified atom stereocenters. The summed E-state index contributed by atoms with van der Waals surface area (Å²) >= 11 is 0. The van der Waals surface area contributed by atoms with Crippen molar-refractivity contribution in [2.24, 2.45) is 0 Å². The van der Waals surface area contributed by atoms with E-state index in [1.807, 2.05) is 26.8 Å². The van der Waals surface area contributed by atoms with Crippen molar-refractivity contribution in [1.82, 2.24) is 4.98 Å². The maximum Gasteiger partial charge on any atom is 0.337 e. The smallest absolute Gasteiger partial charge is 0.337 e. The molecule has 0 radical (unpaired) electrons. The summed E-state index contributed by atoms with van der Waals surface area (Å²) in [6.45, 7) is 5.68. The molecule has 0 atom stereocenters. The summed E-state index contributed by atoms with van der Waals surface area (Å²) in [6.07, 6.45) is 15.0. The van der Waals surface area contributed by atoms with Gasteiger partial charge in [0.1, 0.15) is 11.4 Å². The number of aromatic carboxylic acids is 1. The van der Waals surface area contributed by atoms with E-state index in [1.54, 1.807) is 18.2 Å². The van der Waals surface area contributed by atoms with Crippen LogP contribution in [-0.4, -0.2) is 36.0 Å². The molecule has 0 bridgehead atoms. The Hall–Kier alpha value is -2.94. The first-order chi connectivity index (χ1) is 18.5. The molecule has 1 aromatic heterocycles. The average Bonchev–Trinajstić information content (AvgIpc) is 2.86. The molecule has 2 aromatic rings. The fraction of sp³-hybridized carbons (Fsp3) is 0.567. The molecular weight excluding hydrogens is 516 g/mol. The van der Waals surface area contributed by atoms with Crippen molar-refractivity contribution in [3.05, 3.63) is 53.7 Å². The molecule has 0 aliphatic carbocycles. The fourth-order valence-electron chi connectivity index (χ4n) is 4.23. The number of carboxylic acids is 1. The van der Waals surface area contributed by atoms with Crippen molar-refractivity contribution >= 4 is 27.8 Å². The second-order valence-corrected chi connectivity index (χ2v) is 12.6. The van der Waals surface area contributed by atoms with Crippen LogP contribution in [0.5, 0.6) is 0 Å². The Bertz CT molecular complexity index is 1140. The summed E-state index contributed by atoms with van der Waals surface area (Å²) in [7, 11) is -3.82. The van der Waals surface area contributed by atoms with Gasteiger partial charge in [-0.15, -0.1) is 0 Å². The molecule has 9 heteroatoms. The second-order valence-electron chi connectivity index (χ2n) is 11.0. The highest BCUT2D eigenvalue weighted by molar-refractivity contribution is 7.92. The first kappa shape index (κ1) is 32.3. The van der Waals surface area contributed by atoms with Gasteiger partial charge in [0.2, 0.25) is 0 Å². The molecule has 2 N–H and O–H groups in total. The quantitative estimate of drug-likeness (QED) is 0.147. The normalized spacial score (nSPS) is 11.8. The molecule has 0 aliphatic rings. The summed E-state index contributed by atoms with van der Waals surface area (Å²) in [4.78, 5) is 26.7. The van der Waals surface area contributed by atoms with Crippen LogP contribution in [0.4, 0.5) is 5.82 Å². The largest absolute Gasteiger partial charge is 0.478 e. The number of carbonyl (C=O) groups excluding carboxylic acids is 1. The van der Waals surface area contributed by atoms with Crippen LogP contribution in [0, 0.1) is 0 Å². The fourth-order valence-corrected chi connectivity index (χ4v) is 5.31. The molecule has 2 rings (SSSR count). The van der Waals surface area contributed by atoms with Crippen LogP contribution >= 0.6 is 0 Å². The SMILES string of the molecule is CC(C)(C)OC(=O)CCCCCCCCCCCCCc1cccc(S(=O)(=O)Nc2ccc(C(=O)O)cn2)c1. The Morgan fingerprint density at radius 2 is 1.46 bits per heavy atom. The first-order valence-electron chi connectivity index (χ1n) is 14.0. The van der Waals surface area contributed by atoms with Crippen LogP contribution in [0.1, 0.15) is 114 Å². The van der Waals surface area contributed by atoms with Crippen LogP contribution < -0.4 is 4.72 Å². The van der Waals surface area contributed by atoms with E-state index >= 15 is 0 Å². The van der Waals surface area contributed by atoms with Gasteiger partial charge in [-0.3, -0.25) is 9.52 Å². The lowest BCUT2D eigenvalue weighted by atomic mass is 10.0. The average molecular weight is 561 g/mol. The van der Waals surface area contributed by atoms with Gasteiger partial charge in [-0.05, 0) is 69.9 Å². The van der Waals surface area contributed by atoms with E-state index in [2.05, 4.69) is 9.71 Å². The maximum atomic E-state index is 12.7. The molecule has 216 valence electrons. The third kappa shape index (κ3) is 13.6. The van der Waals surface area contributed by atoms with Gasteiger partial charge in [0, 0.05) is 12.6 Å². The number of esters is 1. The van der Waals surface area contributed by atoms with E-state index in [9.17, 15) is 18.0 Å². The highest BCUT2D eigenvalue weighted by Gasteiger charge is 2.16. The molecule has 1 heterocycles. The van der Waals surface area contributed by atoms with Gasteiger partial charge in [-0.2, -0.15) is 0 Å². The number of anilines is 1. The molecular formula is C30H44N2O6S. The lowest BCUT2D eigenvalue weighted by Crippen LogP contribution is -2.23. The van der Waals surface area contributed by atoms with Gasteiger partial charge in [0.05, 0.1) is 10.5 Å². The predicted octanol–water partition coefficient (Wildman–Crippen LogP) is 7.15. The number of pyridine rings is 1. The minimum absolute atomic E-state index is 0.0104. The molecule has 1 aromatic carbocycles. The van der Waals surface area contributed by atoms with Crippen molar-refractivity contribution < 1.29 is 27.9 Å². The Balaban J connectivity index is 1.56. The lowest BCUT2D eigenvalue weighted by Gasteiger charge is -2.19. The van der Waals surface area contributed by atoms with Crippen molar-refractivity contribution in [3.63, 3.8) is 0 Å². The number of benzene rings is 1. The number of unbranched alkanes of at least 4 members (excludes halogenated alkanes) is 10. The first-order valence-corrected chi connectivity index (χ1v) is 15.5. The molecule has 0 spiro atoms. The topological polar surface area (TPSA) is 123 Å². The molecule has 39 heavy (non-hydrogen) atoms. The number of hydrogen-bond acceptors (Lipinski definition) is 6. The van der Waals surface area contributed by atoms with Crippen molar-refractivity contribution in [2.45, 2.75) is 115 Å². The number of nitrogens with one attached hydrogen (secondary N) is 1. The molecule has 0 saturated carbocycles. The number of aryl methyl sites for hydroxylation is 1. The van der Waals surface area contributed by atoms with Gasteiger partial charge in [-0.1, -0.05) is 69.9 Å². The van der Waals surface area contributed by atoms with Crippen LogP contribution in [0.15, 0.2) is 47.5 Å². The number of nitrogens with zero attached hydrogens (tertiary/aromatic N) is 1. The molecule has 8 nitrogen and oxygen atoms in total. The van der Waals surface area contributed by atoms with E-state index < -0.39 is 21.6 Å². The molecule has 0 aliphatic heterocycles. The van der Waals surface area contributed by atoms with E-state index in [1.165, 1.54) is 57.1 Å². The van der Waals surface area contributed by atoms with Crippen molar-refractivity contribution in [1.29, 1.82) is 0 Å². The van der Waals surface area contributed by atoms with Crippen molar-refractivity contribution in [2.75, 3.05) is 4.72 Å². The van der Waals surface area contributed by atoms with Crippen LogP contribution in [0.3, 0.4) is 0 Å². The zero-order chi connectivity index (χ0) is 28.7. The zero-order valence-corrected chi connectivity index (χ0v) is 24.4. The van der Waals surface area contributed by atoms with Gasteiger partial charge < -0.3 is 9.84 Å². The standard InChI is InChI=1S/C30H44N2O6S/c1-30(2,3)38-28(33)19-14-12-10-8-6-4-5-7-9-11-13-16-24-17-15-18-26(22-24)39(36,37)32-27-21-20-25(23-31-27)29(34)35/h15,17-18,20-23H,4-14,16,19H2,1-3H3,(H,31,32)(H,34,35). The van der Waals surface area contributed by atoms with E-state index in [0.717, 1.165) is 43.9 Å². The molecule has 0 saturated heterocycles. The van der Waals surface area contributed by atoms with Gasteiger partial charge in [-0.25, -0.2) is 18.2 Å². The Morgan fingerprint density at radius 3 is 2.00 bits per heavy atom. The summed E-state index contributed by atoms with van der Waals surface area (Å²) < 4.78 is 33.2. The summed E-state index contributed by atoms with van der Waals surface area (Å²) in [5, 5.41) is 8.95. The minimum Gasteiger partial charge on any atom is -0.478 e. The lowest BCUT2D eigenvalue weighted by molar-refractivity contribution is -0.154. The van der Waals surface area contributed by atoms with Crippen LogP contribution in [-0.2, 0) is 26.0 Å². The van der Waals surface area contributed by atoms with Crippen molar-refractivity contribution in [3.8, 4) is 0 Å². The number of hydrogen-bond donors (Lipinski definition) is 2. The Labute approximate surface area is 233 Å². The van der Waals surface area contributed by atoms with Gasteiger partial charge in [0.25, 0.3) is 10.0 Å². The Morgan fingerprint density at radius 1 is 0.872 bits per heavy atom. The van der Waals surface area contributed by atoms with Crippen LogP contribution in [0.2, 0.25) is 0 Å². The van der Waals surface area contributed by atoms with Crippen LogP contribution in [0.25, 0.3) is 0 Å². The van der Waals surface area contributed by atoms with Gasteiger partial charge >= 0.3 is 11.9 Å². The number of carbonyl (C=O) groups is 2. The molecule has 0 fully saturated rings. The second kappa shape index (κ2) is 16.2. The predicted molar refractivity (Wildman–Crippen MR) is 153 cm³/mol.